The number of benzene rings is 1. The number of hydrogen-bond donors (Lipinski definition) is 2. The third-order valence-corrected chi connectivity index (χ3v) is 6.39. The van der Waals surface area contributed by atoms with Gasteiger partial charge in [-0.2, -0.15) is 17.9 Å². The van der Waals surface area contributed by atoms with Gasteiger partial charge in [0.2, 0.25) is 0 Å². The molecule has 2 aromatic heterocycles. The normalized spacial score (nSPS) is 15.2. The lowest BCUT2D eigenvalue weighted by molar-refractivity contribution is -0.199. The van der Waals surface area contributed by atoms with Gasteiger partial charge in [0.1, 0.15) is 5.60 Å². The fraction of sp³-hybridized carbons (Fsp3) is 0.259. The number of carbonyl (C=O) groups excluding carboxylic acids is 3. The average molecular weight is 540 g/mol. The van der Waals surface area contributed by atoms with E-state index >= 15 is 0 Å². The largest absolute Gasteiger partial charge is 0.493 e. The average Bonchev–Trinajstić information content (AvgIpc) is 3.26. The standard InChI is InChI=1S/C27H23F3N4O5/c1-26(2,38)24(36)33-14-17(11-15-5-3-4-6-20(15)33)19-12-16(7-9-31-19)22-13-18-21(8-10-32-23(18)35)34(22)39-25(37)27(28,29)30/h3-7,9,11-13,38H,8,10,14H2,1-2H3,(H,32,35). The van der Waals surface area contributed by atoms with Crippen LogP contribution in [0.15, 0.2) is 48.7 Å². The first-order valence-corrected chi connectivity index (χ1v) is 12.0. The maximum atomic E-state index is 13.1. The van der Waals surface area contributed by atoms with Gasteiger partial charge >= 0.3 is 12.1 Å². The number of para-hydroxylation sites is 1. The molecule has 2 aliphatic heterocycles. The van der Waals surface area contributed by atoms with E-state index in [1.165, 1.54) is 37.1 Å². The molecule has 2 amide bonds. The summed E-state index contributed by atoms with van der Waals surface area (Å²) in [6.07, 6.45) is -1.83. The molecule has 202 valence electrons. The van der Waals surface area contributed by atoms with E-state index in [9.17, 15) is 32.7 Å². The number of rotatable bonds is 4. The van der Waals surface area contributed by atoms with E-state index in [4.69, 9.17) is 4.84 Å². The number of amides is 2. The molecule has 0 fully saturated rings. The van der Waals surface area contributed by atoms with Crippen molar-refractivity contribution >= 4 is 35.1 Å². The van der Waals surface area contributed by atoms with E-state index in [0.717, 1.165) is 4.73 Å². The summed E-state index contributed by atoms with van der Waals surface area (Å²) in [6.45, 7) is 3.02. The Hall–Kier alpha value is -4.45. The lowest BCUT2D eigenvalue weighted by Gasteiger charge is -2.33. The molecule has 12 heteroatoms. The minimum Gasteiger partial charge on any atom is -0.381 e. The lowest BCUT2D eigenvalue weighted by Crippen LogP contribution is -2.47. The molecular weight excluding hydrogens is 517 g/mol. The minimum atomic E-state index is -5.24. The number of pyridine rings is 1. The zero-order valence-electron chi connectivity index (χ0n) is 20.9. The summed E-state index contributed by atoms with van der Waals surface area (Å²) >= 11 is 0. The van der Waals surface area contributed by atoms with Gasteiger partial charge in [-0.1, -0.05) is 18.2 Å². The van der Waals surface area contributed by atoms with Crippen LogP contribution in [0.25, 0.3) is 22.9 Å². The van der Waals surface area contributed by atoms with Crippen molar-refractivity contribution in [1.29, 1.82) is 0 Å². The summed E-state index contributed by atoms with van der Waals surface area (Å²) in [6, 6.07) is 11.6. The summed E-state index contributed by atoms with van der Waals surface area (Å²) in [4.78, 5) is 47.8. The van der Waals surface area contributed by atoms with Gasteiger partial charge < -0.3 is 20.2 Å². The molecule has 0 saturated carbocycles. The Morgan fingerprint density at radius 3 is 2.59 bits per heavy atom. The summed E-state index contributed by atoms with van der Waals surface area (Å²) in [5.74, 6) is -3.45. The van der Waals surface area contributed by atoms with Crippen molar-refractivity contribution in [2.75, 3.05) is 18.0 Å². The number of halogens is 3. The van der Waals surface area contributed by atoms with Crippen LogP contribution in [0.2, 0.25) is 0 Å². The van der Waals surface area contributed by atoms with E-state index in [2.05, 4.69) is 10.3 Å². The SMILES string of the molecule is CC(C)(O)C(=O)N1CC(c2cc(-c3cc4c(n3OC(=O)C(F)(F)F)CCNC4=O)ccn2)=Cc2ccccc21. The Morgan fingerprint density at radius 2 is 1.87 bits per heavy atom. The Labute approximate surface area is 220 Å². The highest BCUT2D eigenvalue weighted by molar-refractivity contribution is 6.06. The zero-order chi connectivity index (χ0) is 28.1. The van der Waals surface area contributed by atoms with Gasteiger partial charge in [-0.25, -0.2) is 4.79 Å². The Morgan fingerprint density at radius 1 is 1.13 bits per heavy atom. The molecule has 0 saturated heterocycles. The molecule has 9 nitrogen and oxygen atoms in total. The first-order valence-electron chi connectivity index (χ1n) is 12.0. The van der Waals surface area contributed by atoms with Crippen LogP contribution < -0.4 is 15.1 Å². The number of aromatic nitrogens is 2. The number of nitrogens with zero attached hydrogens (tertiary/aromatic N) is 3. The molecule has 0 bridgehead atoms. The van der Waals surface area contributed by atoms with Crippen molar-refractivity contribution in [3.63, 3.8) is 0 Å². The van der Waals surface area contributed by atoms with Crippen LogP contribution in [0.3, 0.4) is 0 Å². The minimum absolute atomic E-state index is 0.0551. The highest BCUT2D eigenvalue weighted by atomic mass is 19.4. The first-order chi connectivity index (χ1) is 18.3. The second-order valence-corrected chi connectivity index (χ2v) is 9.68. The van der Waals surface area contributed by atoms with Crippen molar-refractivity contribution in [2.45, 2.75) is 32.0 Å². The number of alkyl halides is 3. The van der Waals surface area contributed by atoms with Crippen LogP contribution in [-0.2, 0) is 16.0 Å². The summed E-state index contributed by atoms with van der Waals surface area (Å²) in [5.41, 5.74) is 1.28. The Kier molecular flexibility index (Phi) is 6.30. The second-order valence-electron chi connectivity index (χ2n) is 9.68. The van der Waals surface area contributed by atoms with Crippen LogP contribution in [0.1, 0.15) is 41.2 Å². The molecule has 1 aromatic carbocycles. The molecule has 3 aromatic rings. The van der Waals surface area contributed by atoms with E-state index in [1.807, 2.05) is 6.08 Å². The Balaban J connectivity index is 1.59. The molecule has 4 heterocycles. The van der Waals surface area contributed by atoms with Crippen molar-refractivity contribution in [3.05, 3.63) is 71.2 Å². The third kappa shape index (κ3) is 4.90. The van der Waals surface area contributed by atoms with Crippen LogP contribution in [0, 0.1) is 0 Å². The fourth-order valence-electron chi connectivity index (χ4n) is 4.57. The maximum Gasteiger partial charge on any atom is 0.493 e. The predicted octanol–water partition coefficient (Wildman–Crippen LogP) is 3.01. The van der Waals surface area contributed by atoms with Gasteiger partial charge in [-0.3, -0.25) is 14.6 Å². The second kappa shape index (κ2) is 9.38. The van der Waals surface area contributed by atoms with Crippen LogP contribution in [0.5, 0.6) is 0 Å². The molecule has 2 aliphatic rings. The zero-order valence-corrected chi connectivity index (χ0v) is 20.9. The molecule has 39 heavy (non-hydrogen) atoms. The van der Waals surface area contributed by atoms with Gasteiger partial charge in [-0.05, 0) is 55.3 Å². The number of aliphatic hydroxyl groups is 1. The highest BCUT2D eigenvalue weighted by Gasteiger charge is 2.43. The quantitative estimate of drug-likeness (QED) is 0.526. The summed E-state index contributed by atoms with van der Waals surface area (Å²) in [5, 5.41) is 13.0. The topological polar surface area (TPSA) is 114 Å². The third-order valence-electron chi connectivity index (χ3n) is 6.39. The van der Waals surface area contributed by atoms with Gasteiger partial charge in [-0.15, -0.1) is 0 Å². The van der Waals surface area contributed by atoms with E-state index in [-0.39, 0.29) is 36.5 Å². The van der Waals surface area contributed by atoms with Gasteiger partial charge in [0.15, 0.2) is 0 Å². The Bertz CT molecular complexity index is 1530. The first kappa shape index (κ1) is 26.2. The van der Waals surface area contributed by atoms with E-state index in [1.54, 1.807) is 30.3 Å². The maximum absolute atomic E-state index is 13.1. The van der Waals surface area contributed by atoms with Crippen molar-refractivity contribution in [1.82, 2.24) is 15.0 Å². The van der Waals surface area contributed by atoms with Crippen LogP contribution in [0.4, 0.5) is 18.9 Å². The summed E-state index contributed by atoms with van der Waals surface area (Å²) in [7, 11) is 0. The van der Waals surface area contributed by atoms with Gasteiger partial charge in [0.05, 0.1) is 34.9 Å². The smallest absolute Gasteiger partial charge is 0.381 e. The van der Waals surface area contributed by atoms with E-state index < -0.39 is 29.6 Å². The molecular formula is C27H23F3N4O5. The molecule has 0 radical (unpaired) electrons. The number of nitrogens with one attached hydrogen (secondary N) is 1. The predicted molar refractivity (Wildman–Crippen MR) is 134 cm³/mol. The number of anilines is 1. The number of fused-ring (bicyclic) bond motifs is 2. The highest BCUT2D eigenvalue weighted by Crippen LogP contribution is 2.35. The van der Waals surface area contributed by atoms with Gasteiger partial charge in [0, 0.05) is 24.7 Å². The van der Waals surface area contributed by atoms with Gasteiger partial charge in [0.25, 0.3) is 11.8 Å². The van der Waals surface area contributed by atoms with Crippen LogP contribution in [-0.4, -0.2) is 57.5 Å². The number of hydrogen-bond acceptors (Lipinski definition) is 6. The molecule has 0 aliphatic carbocycles. The molecule has 5 rings (SSSR count). The van der Waals surface area contributed by atoms with Crippen LogP contribution >= 0.6 is 0 Å². The number of carbonyl (C=O) groups is 3. The lowest BCUT2D eigenvalue weighted by atomic mass is 9.97. The van der Waals surface area contributed by atoms with Crippen molar-refractivity contribution < 1.29 is 37.5 Å². The van der Waals surface area contributed by atoms with Crippen molar-refractivity contribution in [2.24, 2.45) is 0 Å². The molecule has 0 atom stereocenters. The van der Waals surface area contributed by atoms with Crippen molar-refractivity contribution in [3.8, 4) is 11.3 Å². The summed E-state index contributed by atoms with van der Waals surface area (Å²) < 4.78 is 39.9. The molecule has 2 N–H and O–H groups in total. The fourth-order valence-corrected chi connectivity index (χ4v) is 4.57. The molecule has 0 unspecified atom stereocenters. The molecule has 0 spiro atoms. The monoisotopic (exact) mass is 540 g/mol. The van der Waals surface area contributed by atoms with E-state index in [0.29, 0.717) is 28.1 Å².